The number of thiazole rings is 1. The summed E-state index contributed by atoms with van der Waals surface area (Å²) in [5, 5.41) is 25.3. The summed E-state index contributed by atoms with van der Waals surface area (Å²) in [5.41, 5.74) is 0.0930. The molecule has 19 heavy (non-hydrogen) atoms. The van der Waals surface area contributed by atoms with Gasteiger partial charge >= 0.3 is 0 Å². The van der Waals surface area contributed by atoms with Crippen LogP contribution in [-0.2, 0) is 6.61 Å². The van der Waals surface area contributed by atoms with Gasteiger partial charge in [-0.1, -0.05) is 6.92 Å². The topological polar surface area (TPSA) is 91.5 Å². The highest BCUT2D eigenvalue weighted by Crippen LogP contribution is 2.28. The number of aliphatic hydroxyl groups excluding tert-OH is 1. The van der Waals surface area contributed by atoms with Gasteiger partial charge in [0.2, 0.25) is 0 Å². The first-order chi connectivity index (χ1) is 9.08. The summed E-state index contributed by atoms with van der Waals surface area (Å²) in [6, 6.07) is 0. The lowest BCUT2D eigenvalue weighted by Gasteiger charge is -2.21. The van der Waals surface area contributed by atoms with Gasteiger partial charge in [0.05, 0.1) is 11.5 Å². The molecule has 0 saturated carbocycles. The van der Waals surface area contributed by atoms with Gasteiger partial charge in [-0.05, 0) is 11.9 Å². The molecule has 1 rings (SSSR count). The van der Waals surface area contributed by atoms with Gasteiger partial charge in [0, 0.05) is 25.1 Å². The number of rotatable bonds is 7. The van der Waals surface area contributed by atoms with Crippen molar-refractivity contribution in [3.63, 3.8) is 0 Å². The van der Waals surface area contributed by atoms with Crippen LogP contribution in [0.15, 0.2) is 16.9 Å². The molecule has 0 aromatic carbocycles. The maximum atomic E-state index is 11.1. The number of hydrogen-bond acceptors (Lipinski definition) is 8. The summed E-state index contributed by atoms with van der Waals surface area (Å²) in [5.74, 6) is 0.966. The maximum Gasteiger partial charge on any atom is 0.286 e. The normalized spacial score (nSPS) is 12.0. The molecule has 1 aromatic rings. The molecule has 0 bridgehead atoms. The second-order valence-electron chi connectivity index (χ2n) is 3.39. The molecule has 0 unspecified atom stereocenters. The van der Waals surface area contributed by atoms with Crippen molar-refractivity contribution in [2.45, 2.75) is 20.0 Å². The number of hydrogen-bond donors (Lipinski definition) is 2. The van der Waals surface area contributed by atoms with Gasteiger partial charge in [-0.3, -0.25) is 10.1 Å². The van der Waals surface area contributed by atoms with E-state index in [1.54, 1.807) is 23.7 Å². The Kier molecular flexibility index (Phi) is 6.06. The quantitative estimate of drug-likeness (QED) is 0.451. The average molecular weight is 304 g/mol. The van der Waals surface area contributed by atoms with Crippen LogP contribution in [0.25, 0.3) is 0 Å². The van der Waals surface area contributed by atoms with Crippen molar-refractivity contribution < 1.29 is 10.0 Å². The molecule has 0 aliphatic carbocycles. The van der Waals surface area contributed by atoms with Crippen LogP contribution in [-0.4, -0.2) is 28.3 Å². The molecule has 1 heterocycles. The third-order valence-corrected chi connectivity index (χ3v) is 3.89. The van der Waals surface area contributed by atoms with Crippen molar-refractivity contribution in [3.8, 4) is 0 Å². The predicted octanol–water partition coefficient (Wildman–Crippen LogP) is 1.79. The smallest absolute Gasteiger partial charge is 0.286 e. The first-order valence-electron chi connectivity index (χ1n) is 5.53. The standard InChI is InChI=1S/C10H16N4O3S2/c1-4-7(14(16)17)10(11-2)13(18-3)8-6-19-9(5-15)12-8/h6,11,15H,4-5H2,1-3H3. The number of allylic oxidation sites excluding steroid dienone is 1. The Morgan fingerprint density at radius 1 is 1.74 bits per heavy atom. The van der Waals surface area contributed by atoms with Crippen LogP contribution in [0.2, 0.25) is 0 Å². The van der Waals surface area contributed by atoms with Crippen molar-refractivity contribution in [2.24, 2.45) is 0 Å². The molecule has 9 heteroatoms. The largest absolute Gasteiger partial charge is 0.389 e. The lowest BCUT2D eigenvalue weighted by molar-refractivity contribution is -0.429. The molecule has 106 valence electrons. The zero-order valence-electron chi connectivity index (χ0n) is 10.9. The third kappa shape index (κ3) is 3.58. The van der Waals surface area contributed by atoms with Crippen LogP contribution >= 0.6 is 23.3 Å². The van der Waals surface area contributed by atoms with Gasteiger partial charge in [0.15, 0.2) is 11.6 Å². The second kappa shape index (κ2) is 7.31. The predicted molar refractivity (Wildman–Crippen MR) is 77.4 cm³/mol. The SMILES string of the molecule is CCC(=C(NC)N(SC)c1csc(CO)n1)[N+](=O)[O-]. The Bertz CT molecular complexity index is 475. The maximum absolute atomic E-state index is 11.1. The lowest BCUT2D eigenvalue weighted by Crippen LogP contribution is -2.27. The molecule has 0 aliphatic heterocycles. The van der Waals surface area contributed by atoms with Crippen LogP contribution in [0.5, 0.6) is 0 Å². The summed E-state index contributed by atoms with van der Waals surface area (Å²) in [7, 11) is 1.64. The first-order valence-corrected chi connectivity index (χ1v) is 7.59. The van der Waals surface area contributed by atoms with Crippen molar-refractivity contribution in [1.29, 1.82) is 0 Å². The fourth-order valence-electron chi connectivity index (χ4n) is 1.51. The highest BCUT2D eigenvalue weighted by Gasteiger charge is 2.24. The zero-order valence-corrected chi connectivity index (χ0v) is 12.5. The minimum atomic E-state index is -0.394. The first kappa shape index (κ1) is 15.7. The van der Waals surface area contributed by atoms with E-state index in [-0.39, 0.29) is 12.3 Å². The van der Waals surface area contributed by atoms with Crippen LogP contribution < -0.4 is 9.62 Å². The van der Waals surface area contributed by atoms with Crippen LogP contribution in [0.3, 0.4) is 0 Å². The van der Waals surface area contributed by atoms with Gasteiger partial charge in [0.25, 0.3) is 5.70 Å². The number of nitrogens with one attached hydrogen (secondary N) is 1. The molecule has 0 saturated heterocycles. The summed E-state index contributed by atoms with van der Waals surface area (Å²) in [4.78, 5) is 14.9. The molecule has 0 atom stereocenters. The van der Waals surface area contributed by atoms with E-state index in [4.69, 9.17) is 5.11 Å². The zero-order chi connectivity index (χ0) is 14.4. The average Bonchev–Trinajstić information content (AvgIpc) is 2.86. The minimum absolute atomic E-state index is 0.0930. The molecule has 0 radical (unpaired) electrons. The fourth-order valence-corrected chi connectivity index (χ4v) is 2.86. The molecule has 0 spiro atoms. The molecule has 0 aliphatic rings. The monoisotopic (exact) mass is 304 g/mol. The number of anilines is 1. The van der Waals surface area contributed by atoms with Crippen LogP contribution in [0.4, 0.5) is 5.82 Å². The van der Waals surface area contributed by atoms with E-state index >= 15 is 0 Å². The van der Waals surface area contributed by atoms with Gasteiger partial charge in [0.1, 0.15) is 5.01 Å². The lowest BCUT2D eigenvalue weighted by atomic mass is 10.3. The molecule has 2 N–H and O–H groups in total. The van der Waals surface area contributed by atoms with Crippen LogP contribution in [0.1, 0.15) is 18.4 Å². The van der Waals surface area contributed by atoms with Gasteiger partial charge in [-0.2, -0.15) is 0 Å². The van der Waals surface area contributed by atoms with E-state index in [9.17, 15) is 10.1 Å². The summed E-state index contributed by atoms with van der Waals surface area (Å²) in [6.07, 6.45) is 2.11. The highest BCUT2D eigenvalue weighted by atomic mass is 32.2. The Morgan fingerprint density at radius 2 is 2.42 bits per heavy atom. The Morgan fingerprint density at radius 3 is 2.79 bits per heavy atom. The Hall–Kier alpha value is -1.32. The van der Waals surface area contributed by atoms with Gasteiger partial charge in [-0.15, -0.1) is 11.3 Å². The Balaban J connectivity index is 3.22. The molecular formula is C10H16N4O3S2. The van der Waals surface area contributed by atoms with Crippen LogP contribution in [0, 0.1) is 10.1 Å². The number of nitro groups is 1. The van der Waals surface area contributed by atoms with Crippen molar-refractivity contribution >= 4 is 29.1 Å². The minimum Gasteiger partial charge on any atom is -0.389 e. The molecule has 1 aromatic heterocycles. The molecule has 0 fully saturated rings. The number of nitrogens with zero attached hydrogens (tertiary/aromatic N) is 3. The molecule has 0 amide bonds. The molecule has 7 nitrogen and oxygen atoms in total. The second-order valence-corrected chi connectivity index (χ2v) is 5.06. The van der Waals surface area contributed by atoms with E-state index in [0.717, 1.165) is 0 Å². The van der Waals surface area contributed by atoms with E-state index in [1.165, 1.54) is 23.3 Å². The van der Waals surface area contributed by atoms with Gasteiger partial charge < -0.3 is 10.4 Å². The number of aliphatic hydroxyl groups is 1. The van der Waals surface area contributed by atoms with Crippen molar-refractivity contribution in [3.05, 3.63) is 32.0 Å². The van der Waals surface area contributed by atoms with Gasteiger partial charge in [-0.25, -0.2) is 9.29 Å². The van der Waals surface area contributed by atoms with Crippen molar-refractivity contribution in [1.82, 2.24) is 10.3 Å². The third-order valence-electron chi connectivity index (χ3n) is 2.33. The summed E-state index contributed by atoms with van der Waals surface area (Å²) in [6.45, 7) is 1.59. The fraction of sp³-hybridized carbons (Fsp3) is 0.500. The van der Waals surface area contributed by atoms with E-state index in [0.29, 0.717) is 23.1 Å². The highest BCUT2D eigenvalue weighted by molar-refractivity contribution is 8.00. The molecular weight excluding hydrogens is 288 g/mol. The summed E-state index contributed by atoms with van der Waals surface area (Å²) < 4.78 is 1.65. The number of aromatic nitrogens is 1. The van der Waals surface area contributed by atoms with Crippen molar-refractivity contribution in [2.75, 3.05) is 17.6 Å². The van der Waals surface area contributed by atoms with E-state index in [1.807, 2.05) is 6.26 Å². The Labute approximate surface area is 119 Å². The van der Waals surface area contributed by atoms with E-state index < -0.39 is 4.92 Å². The van der Waals surface area contributed by atoms with E-state index in [2.05, 4.69) is 10.3 Å². The summed E-state index contributed by atoms with van der Waals surface area (Å²) >= 11 is 2.62.